The molecule has 0 spiro atoms. The molecule has 0 amide bonds. The van der Waals surface area contributed by atoms with E-state index in [4.69, 9.17) is 5.11 Å². The van der Waals surface area contributed by atoms with Crippen molar-refractivity contribution < 1.29 is 9.90 Å². The Labute approximate surface area is 113 Å². The summed E-state index contributed by atoms with van der Waals surface area (Å²) >= 11 is 0. The Morgan fingerprint density at radius 2 is 2.11 bits per heavy atom. The molecule has 1 saturated heterocycles. The van der Waals surface area contributed by atoms with Gasteiger partial charge < -0.3 is 14.9 Å². The molecule has 1 aromatic rings. The number of aromatic carboxylic acids is 1. The molecule has 2 heterocycles. The zero-order valence-corrected chi connectivity index (χ0v) is 11.8. The highest BCUT2D eigenvalue weighted by atomic mass is 16.4. The van der Waals surface area contributed by atoms with Gasteiger partial charge in [-0.05, 0) is 51.5 Å². The first-order valence-corrected chi connectivity index (χ1v) is 6.60. The summed E-state index contributed by atoms with van der Waals surface area (Å²) in [5, 5.41) is 8.96. The molecule has 1 fully saturated rings. The smallest absolute Gasteiger partial charge is 0.337 e. The average molecular weight is 263 g/mol. The van der Waals surface area contributed by atoms with Gasteiger partial charge in [0.2, 0.25) is 0 Å². The van der Waals surface area contributed by atoms with Crippen LogP contribution in [0.25, 0.3) is 0 Å². The molecule has 5 nitrogen and oxygen atoms in total. The molecule has 0 aromatic carbocycles. The summed E-state index contributed by atoms with van der Waals surface area (Å²) in [5.74, 6) is -0.0383. The van der Waals surface area contributed by atoms with Gasteiger partial charge in [-0.2, -0.15) is 0 Å². The van der Waals surface area contributed by atoms with Crippen molar-refractivity contribution in [1.29, 1.82) is 0 Å². The molecule has 1 aromatic heterocycles. The molecule has 2 rings (SSSR count). The van der Waals surface area contributed by atoms with Crippen LogP contribution in [0.3, 0.4) is 0 Å². The van der Waals surface area contributed by atoms with Gasteiger partial charge in [0, 0.05) is 19.3 Å². The minimum absolute atomic E-state index is 0.248. The number of likely N-dealkylation sites (tertiary alicyclic amines) is 1. The molecule has 0 saturated carbocycles. The average Bonchev–Trinajstić information content (AvgIpc) is 2.38. The van der Waals surface area contributed by atoms with E-state index in [1.807, 2.05) is 14.0 Å². The molecule has 0 atom stereocenters. The van der Waals surface area contributed by atoms with Gasteiger partial charge in [0.15, 0.2) is 0 Å². The van der Waals surface area contributed by atoms with E-state index >= 15 is 0 Å². The summed E-state index contributed by atoms with van der Waals surface area (Å²) in [6.07, 6.45) is 3.68. The van der Waals surface area contributed by atoms with E-state index in [0.29, 0.717) is 6.04 Å². The quantitative estimate of drug-likeness (QED) is 0.898. The lowest BCUT2D eigenvalue weighted by molar-refractivity contribution is 0.0696. The molecule has 1 N–H and O–H groups in total. The Balaban J connectivity index is 2.15. The van der Waals surface area contributed by atoms with E-state index in [0.717, 1.165) is 37.3 Å². The van der Waals surface area contributed by atoms with E-state index in [9.17, 15) is 4.79 Å². The number of piperidine rings is 1. The van der Waals surface area contributed by atoms with Gasteiger partial charge in [0.1, 0.15) is 5.82 Å². The van der Waals surface area contributed by atoms with Gasteiger partial charge in [-0.25, -0.2) is 9.78 Å². The minimum Gasteiger partial charge on any atom is -0.478 e. The zero-order valence-electron chi connectivity index (χ0n) is 11.8. The first-order valence-electron chi connectivity index (χ1n) is 6.60. The zero-order chi connectivity index (χ0) is 14.0. The highest BCUT2D eigenvalue weighted by molar-refractivity contribution is 5.87. The molecule has 104 valence electrons. The van der Waals surface area contributed by atoms with E-state index in [2.05, 4.69) is 21.8 Å². The molecule has 0 aliphatic carbocycles. The highest BCUT2D eigenvalue weighted by Crippen LogP contribution is 2.23. The van der Waals surface area contributed by atoms with Gasteiger partial charge >= 0.3 is 5.97 Å². The van der Waals surface area contributed by atoms with Crippen molar-refractivity contribution >= 4 is 11.8 Å². The van der Waals surface area contributed by atoms with Crippen molar-refractivity contribution in [2.45, 2.75) is 25.8 Å². The van der Waals surface area contributed by atoms with Gasteiger partial charge in [0.05, 0.1) is 5.56 Å². The normalized spacial score (nSPS) is 17.4. The van der Waals surface area contributed by atoms with Crippen molar-refractivity contribution in [3.8, 4) is 0 Å². The maximum absolute atomic E-state index is 10.9. The number of rotatable bonds is 3. The van der Waals surface area contributed by atoms with Gasteiger partial charge in [0.25, 0.3) is 0 Å². The highest BCUT2D eigenvalue weighted by Gasteiger charge is 2.22. The largest absolute Gasteiger partial charge is 0.478 e. The fourth-order valence-corrected chi connectivity index (χ4v) is 2.61. The van der Waals surface area contributed by atoms with Crippen molar-refractivity contribution in [1.82, 2.24) is 9.88 Å². The van der Waals surface area contributed by atoms with Crippen LogP contribution in [-0.2, 0) is 0 Å². The van der Waals surface area contributed by atoms with Crippen LogP contribution in [0.2, 0.25) is 0 Å². The lowest BCUT2D eigenvalue weighted by atomic mass is 10.0. The van der Waals surface area contributed by atoms with Crippen LogP contribution >= 0.6 is 0 Å². The third-order valence-electron chi connectivity index (χ3n) is 3.87. The molecule has 0 bridgehead atoms. The molecule has 1 aliphatic heterocycles. The number of aryl methyl sites for hydroxylation is 1. The predicted octanol–water partition coefficient (Wildman–Crippen LogP) is 1.62. The minimum atomic E-state index is -0.927. The first-order chi connectivity index (χ1) is 8.99. The number of pyridine rings is 1. The van der Waals surface area contributed by atoms with E-state index in [1.165, 1.54) is 6.20 Å². The molecular formula is C14H21N3O2. The van der Waals surface area contributed by atoms with Gasteiger partial charge in [-0.1, -0.05) is 0 Å². The summed E-state index contributed by atoms with van der Waals surface area (Å²) in [6, 6.07) is 2.17. The van der Waals surface area contributed by atoms with Crippen LogP contribution < -0.4 is 4.90 Å². The number of carbonyl (C=O) groups is 1. The Kier molecular flexibility index (Phi) is 4.04. The number of nitrogens with zero attached hydrogens (tertiary/aromatic N) is 3. The fraction of sp³-hybridized carbons (Fsp3) is 0.571. The number of carboxylic acids is 1. The van der Waals surface area contributed by atoms with E-state index < -0.39 is 5.97 Å². The van der Waals surface area contributed by atoms with Gasteiger partial charge in [-0.3, -0.25) is 0 Å². The van der Waals surface area contributed by atoms with E-state index in [-0.39, 0.29) is 5.56 Å². The number of aromatic nitrogens is 1. The second-order valence-corrected chi connectivity index (χ2v) is 5.32. The lowest BCUT2D eigenvalue weighted by Crippen LogP contribution is -2.42. The number of anilines is 1. The number of hydrogen-bond acceptors (Lipinski definition) is 4. The topological polar surface area (TPSA) is 56.7 Å². The van der Waals surface area contributed by atoms with Crippen LogP contribution in [0.4, 0.5) is 5.82 Å². The third-order valence-corrected chi connectivity index (χ3v) is 3.87. The molecule has 5 heteroatoms. The Bertz CT molecular complexity index is 468. The molecule has 19 heavy (non-hydrogen) atoms. The molecule has 1 aliphatic rings. The maximum Gasteiger partial charge on any atom is 0.337 e. The SMILES string of the molecule is Cc1cc(C(=O)O)cnc1N(C)C1CCN(C)CC1. The number of hydrogen-bond donors (Lipinski definition) is 1. The number of carboxylic acid groups (broad SMARTS) is 1. The Hall–Kier alpha value is -1.62. The molecule has 0 unspecified atom stereocenters. The molecule has 0 radical (unpaired) electrons. The van der Waals surface area contributed by atoms with Crippen molar-refractivity contribution in [3.63, 3.8) is 0 Å². The summed E-state index contributed by atoms with van der Waals surface area (Å²) in [7, 11) is 4.19. The third kappa shape index (κ3) is 3.04. The Morgan fingerprint density at radius 3 is 2.63 bits per heavy atom. The first kappa shape index (κ1) is 13.8. The van der Waals surface area contributed by atoms with Crippen molar-refractivity contribution in [2.24, 2.45) is 0 Å². The molecular weight excluding hydrogens is 242 g/mol. The second kappa shape index (κ2) is 5.57. The van der Waals surface area contributed by atoms with Crippen LogP contribution in [-0.4, -0.2) is 54.2 Å². The summed E-state index contributed by atoms with van der Waals surface area (Å²) in [5.41, 5.74) is 1.17. The maximum atomic E-state index is 10.9. The fourth-order valence-electron chi connectivity index (χ4n) is 2.61. The van der Waals surface area contributed by atoms with Crippen LogP contribution in [0.15, 0.2) is 12.3 Å². The van der Waals surface area contributed by atoms with Crippen LogP contribution in [0.1, 0.15) is 28.8 Å². The van der Waals surface area contributed by atoms with Crippen LogP contribution in [0, 0.1) is 6.92 Å². The standard InChI is InChI=1S/C14H21N3O2/c1-10-8-11(14(18)19)9-15-13(10)17(3)12-4-6-16(2)7-5-12/h8-9,12H,4-7H2,1-3H3,(H,18,19). The lowest BCUT2D eigenvalue weighted by Gasteiger charge is -2.36. The second-order valence-electron chi connectivity index (χ2n) is 5.32. The summed E-state index contributed by atoms with van der Waals surface area (Å²) < 4.78 is 0. The predicted molar refractivity (Wildman–Crippen MR) is 74.9 cm³/mol. The monoisotopic (exact) mass is 263 g/mol. The summed E-state index contributed by atoms with van der Waals surface area (Å²) in [4.78, 5) is 19.8. The van der Waals surface area contributed by atoms with Crippen LogP contribution in [0.5, 0.6) is 0 Å². The Morgan fingerprint density at radius 1 is 1.47 bits per heavy atom. The van der Waals surface area contributed by atoms with E-state index in [1.54, 1.807) is 6.07 Å². The van der Waals surface area contributed by atoms with Crippen molar-refractivity contribution in [2.75, 3.05) is 32.1 Å². The van der Waals surface area contributed by atoms with Crippen molar-refractivity contribution in [3.05, 3.63) is 23.4 Å². The summed E-state index contributed by atoms with van der Waals surface area (Å²) in [6.45, 7) is 4.11. The van der Waals surface area contributed by atoms with Gasteiger partial charge in [-0.15, -0.1) is 0 Å².